The van der Waals surface area contributed by atoms with Crippen LogP contribution in [0.3, 0.4) is 0 Å². The lowest BCUT2D eigenvalue weighted by atomic mass is 10.1. The molecular formula is C24H25N3O5S. The van der Waals surface area contributed by atoms with Crippen LogP contribution >= 0.6 is 0 Å². The number of anilines is 2. The average Bonchev–Trinajstić information content (AvgIpc) is 2.83. The summed E-state index contributed by atoms with van der Waals surface area (Å²) in [7, 11) is -2.07. The maximum atomic E-state index is 12.5. The van der Waals surface area contributed by atoms with Crippen LogP contribution < -0.4 is 15.4 Å². The van der Waals surface area contributed by atoms with Gasteiger partial charge < -0.3 is 15.4 Å². The lowest BCUT2D eigenvalue weighted by Gasteiger charge is -2.09. The van der Waals surface area contributed by atoms with E-state index in [0.29, 0.717) is 35.5 Å². The average molecular weight is 468 g/mol. The Hall–Kier alpha value is -3.53. The minimum atomic E-state index is -3.63. The molecule has 0 fully saturated rings. The van der Waals surface area contributed by atoms with Crippen LogP contribution in [-0.4, -0.2) is 40.5 Å². The maximum Gasteiger partial charge on any atom is 0.255 e. The number of carbonyl (C=O) groups excluding carboxylic acids is 2. The zero-order valence-electron chi connectivity index (χ0n) is 18.1. The number of nitrogens with one attached hydrogen (secondary N) is 3. The number of sulfonamides is 1. The van der Waals surface area contributed by atoms with Crippen LogP contribution in [0.15, 0.2) is 83.8 Å². The number of hydrogen-bond donors (Lipinski definition) is 3. The van der Waals surface area contributed by atoms with Crippen molar-refractivity contribution < 1.29 is 22.7 Å². The fraction of sp³-hybridized carbons (Fsp3) is 0.167. The second-order valence-corrected chi connectivity index (χ2v) is 8.89. The molecule has 3 N–H and O–H groups in total. The van der Waals surface area contributed by atoms with Gasteiger partial charge in [0.05, 0.1) is 4.90 Å². The molecule has 0 aliphatic heterocycles. The summed E-state index contributed by atoms with van der Waals surface area (Å²) in [6.07, 6.45) is 0.568. The van der Waals surface area contributed by atoms with Crippen molar-refractivity contribution in [1.82, 2.24) is 4.72 Å². The van der Waals surface area contributed by atoms with Gasteiger partial charge in [-0.05, 0) is 67.1 Å². The molecular weight excluding hydrogens is 442 g/mol. The summed E-state index contributed by atoms with van der Waals surface area (Å²) in [6.45, 7) is 0.740. The molecule has 0 bridgehead atoms. The summed E-state index contributed by atoms with van der Waals surface area (Å²) >= 11 is 0. The first-order chi connectivity index (χ1) is 15.9. The molecule has 0 saturated heterocycles. The Morgan fingerprint density at radius 1 is 0.758 bits per heavy atom. The van der Waals surface area contributed by atoms with Crippen LogP contribution in [0.4, 0.5) is 11.4 Å². The Morgan fingerprint density at radius 2 is 1.27 bits per heavy atom. The van der Waals surface area contributed by atoms with E-state index in [2.05, 4.69) is 15.4 Å². The summed E-state index contributed by atoms with van der Waals surface area (Å²) in [5.41, 5.74) is 1.95. The van der Waals surface area contributed by atoms with E-state index < -0.39 is 10.0 Å². The number of methoxy groups -OCH3 is 1. The van der Waals surface area contributed by atoms with Crippen molar-refractivity contribution in [1.29, 1.82) is 0 Å². The molecule has 0 spiro atoms. The summed E-state index contributed by atoms with van der Waals surface area (Å²) in [4.78, 5) is 24.8. The highest BCUT2D eigenvalue weighted by molar-refractivity contribution is 7.89. The maximum absolute atomic E-state index is 12.5. The molecule has 0 aromatic heterocycles. The molecule has 3 rings (SSSR count). The Balaban J connectivity index is 1.57. The van der Waals surface area contributed by atoms with Gasteiger partial charge in [-0.2, -0.15) is 0 Å². The van der Waals surface area contributed by atoms with E-state index in [-0.39, 0.29) is 23.3 Å². The van der Waals surface area contributed by atoms with Crippen LogP contribution in [-0.2, 0) is 14.8 Å². The summed E-state index contributed by atoms with van der Waals surface area (Å²) < 4.78 is 32.0. The molecule has 8 nitrogen and oxygen atoms in total. The lowest BCUT2D eigenvalue weighted by Crippen LogP contribution is -2.25. The molecule has 0 heterocycles. The molecule has 0 radical (unpaired) electrons. The van der Waals surface area contributed by atoms with Crippen molar-refractivity contribution in [3.63, 3.8) is 0 Å². The summed E-state index contributed by atoms with van der Waals surface area (Å²) in [5.74, 6) is -0.597. The summed E-state index contributed by atoms with van der Waals surface area (Å²) in [6, 6.07) is 21.2. The van der Waals surface area contributed by atoms with Crippen molar-refractivity contribution in [3.8, 4) is 0 Å². The molecule has 0 saturated carbocycles. The van der Waals surface area contributed by atoms with E-state index in [0.717, 1.165) is 0 Å². The molecule has 0 aliphatic rings. The van der Waals surface area contributed by atoms with Gasteiger partial charge in [-0.25, -0.2) is 13.1 Å². The van der Waals surface area contributed by atoms with E-state index in [9.17, 15) is 18.0 Å². The highest BCUT2D eigenvalue weighted by Gasteiger charge is 2.14. The third-order valence-corrected chi connectivity index (χ3v) is 6.16. The largest absolute Gasteiger partial charge is 0.385 e. The Kier molecular flexibility index (Phi) is 8.31. The monoisotopic (exact) mass is 467 g/mol. The third kappa shape index (κ3) is 6.98. The predicted molar refractivity (Wildman–Crippen MR) is 127 cm³/mol. The van der Waals surface area contributed by atoms with Gasteiger partial charge in [0.25, 0.3) is 11.8 Å². The second-order valence-electron chi connectivity index (χ2n) is 7.12. The molecule has 33 heavy (non-hydrogen) atoms. The van der Waals surface area contributed by atoms with Gasteiger partial charge in [-0.3, -0.25) is 9.59 Å². The van der Waals surface area contributed by atoms with Crippen LogP contribution in [0.25, 0.3) is 0 Å². The highest BCUT2D eigenvalue weighted by Crippen LogP contribution is 2.16. The van der Waals surface area contributed by atoms with E-state index >= 15 is 0 Å². The predicted octanol–water partition coefficient (Wildman–Crippen LogP) is 3.51. The van der Waals surface area contributed by atoms with Crippen molar-refractivity contribution in [2.24, 2.45) is 0 Å². The van der Waals surface area contributed by atoms with Gasteiger partial charge in [-0.15, -0.1) is 0 Å². The molecule has 3 aromatic carbocycles. The lowest BCUT2D eigenvalue weighted by molar-refractivity contribution is 0.102. The van der Waals surface area contributed by atoms with Gasteiger partial charge >= 0.3 is 0 Å². The van der Waals surface area contributed by atoms with E-state index in [1.165, 1.54) is 24.3 Å². The number of benzene rings is 3. The van der Waals surface area contributed by atoms with Crippen molar-refractivity contribution >= 4 is 33.2 Å². The number of hydrogen-bond acceptors (Lipinski definition) is 5. The molecule has 9 heteroatoms. The number of amides is 2. The van der Waals surface area contributed by atoms with E-state index in [4.69, 9.17) is 4.74 Å². The third-order valence-electron chi connectivity index (χ3n) is 4.68. The quantitative estimate of drug-likeness (QED) is 0.395. The normalized spacial score (nSPS) is 11.1. The molecule has 0 aliphatic carbocycles. The van der Waals surface area contributed by atoms with E-state index in [1.807, 2.05) is 6.07 Å². The molecule has 0 unspecified atom stereocenters. The molecule has 2 amide bonds. The first-order valence-electron chi connectivity index (χ1n) is 10.3. The molecule has 3 aromatic rings. The Morgan fingerprint density at radius 3 is 1.82 bits per heavy atom. The van der Waals surface area contributed by atoms with Gasteiger partial charge in [0, 0.05) is 42.8 Å². The fourth-order valence-electron chi connectivity index (χ4n) is 2.92. The SMILES string of the molecule is COCCCNS(=O)(=O)c1ccc(NC(=O)c2ccc(NC(=O)c3ccccc3)cc2)cc1. The number of carbonyl (C=O) groups is 2. The van der Waals surface area contributed by atoms with Gasteiger partial charge in [0.1, 0.15) is 0 Å². The standard InChI is InChI=1S/C24H25N3O5S/c1-32-17-5-16-25-33(30,31)22-14-12-21(13-15-22)27-24(29)19-8-10-20(11-9-19)26-23(28)18-6-3-2-4-7-18/h2-4,6-15,25H,5,16-17H2,1H3,(H,26,28)(H,27,29). The van der Waals surface area contributed by atoms with E-state index in [1.54, 1.807) is 55.6 Å². The van der Waals surface area contributed by atoms with Crippen LogP contribution in [0.1, 0.15) is 27.1 Å². The minimum absolute atomic E-state index is 0.108. The Bertz CT molecular complexity index is 1180. The smallest absolute Gasteiger partial charge is 0.255 e. The molecule has 0 atom stereocenters. The zero-order valence-corrected chi connectivity index (χ0v) is 18.9. The fourth-order valence-corrected chi connectivity index (χ4v) is 4.00. The minimum Gasteiger partial charge on any atom is -0.385 e. The second kappa shape index (κ2) is 11.4. The number of rotatable bonds is 10. The summed E-state index contributed by atoms with van der Waals surface area (Å²) in [5, 5.41) is 5.50. The van der Waals surface area contributed by atoms with Gasteiger partial charge in [0.2, 0.25) is 10.0 Å². The first-order valence-corrected chi connectivity index (χ1v) is 11.7. The van der Waals surface area contributed by atoms with Crippen molar-refractivity contribution in [2.45, 2.75) is 11.3 Å². The topological polar surface area (TPSA) is 114 Å². The highest BCUT2D eigenvalue weighted by atomic mass is 32.2. The van der Waals surface area contributed by atoms with Gasteiger partial charge in [0.15, 0.2) is 0 Å². The van der Waals surface area contributed by atoms with Crippen LogP contribution in [0, 0.1) is 0 Å². The van der Waals surface area contributed by atoms with Crippen LogP contribution in [0.2, 0.25) is 0 Å². The van der Waals surface area contributed by atoms with Crippen LogP contribution in [0.5, 0.6) is 0 Å². The van der Waals surface area contributed by atoms with Crippen molar-refractivity contribution in [3.05, 3.63) is 90.0 Å². The Labute approximate surface area is 193 Å². The van der Waals surface area contributed by atoms with Crippen molar-refractivity contribution in [2.75, 3.05) is 30.9 Å². The zero-order chi connectivity index (χ0) is 23.7. The van der Waals surface area contributed by atoms with Gasteiger partial charge in [-0.1, -0.05) is 18.2 Å². The first kappa shape index (κ1) is 24.1. The molecule has 172 valence electrons. The number of ether oxygens (including phenoxy) is 1.